The maximum absolute atomic E-state index is 11.1. The molecule has 0 unspecified atom stereocenters. The molecular weight excluding hydrogens is 212 g/mol. The highest BCUT2D eigenvalue weighted by Gasteiger charge is 2.00. The lowest BCUT2D eigenvalue weighted by atomic mass is 10.5. The Morgan fingerprint density at radius 1 is 1.53 bits per heavy atom. The van der Waals surface area contributed by atoms with E-state index in [9.17, 15) is 4.79 Å². The molecule has 0 aliphatic rings. The zero-order valence-electron chi connectivity index (χ0n) is 8.99. The van der Waals surface area contributed by atoms with Gasteiger partial charge in [-0.1, -0.05) is 0 Å². The molecule has 0 fully saturated rings. The first-order chi connectivity index (χ1) is 7.20. The fourth-order valence-corrected chi connectivity index (χ4v) is 1.52. The lowest BCUT2D eigenvalue weighted by molar-refractivity contribution is 0.217. The number of urea groups is 1. The van der Waals surface area contributed by atoms with Crippen LogP contribution in [-0.4, -0.2) is 43.1 Å². The van der Waals surface area contributed by atoms with Crippen molar-refractivity contribution in [2.75, 3.05) is 27.2 Å². The van der Waals surface area contributed by atoms with Crippen molar-refractivity contribution < 1.29 is 4.79 Å². The maximum atomic E-state index is 11.1. The molecule has 0 saturated carbocycles. The Balaban J connectivity index is 2.00. The predicted octanol–water partition coefficient (Wildman–Crippen LogP) is 0.504. The van der Waals surface area contributed by atoms with Gasteiger partial charge in [0.2, 0.25) is 0 Å². The van der Waals surface area contributed by atoms with E-state index in [1.807, 2.05) is 11.7 Å². The topological polar surface area (TPSA) is 57.3 Å². The first-order valence-corrected chi connectivity index (χ1v) is 5.61. The fourth-order valence-electron chi connectivity index (χ4n) is 0.957. The summed E-state index contributed by atoms with van der Waals surface area (Å²) in [6.45, 7) is 2.20. The standard InChI is InChI=1S/C9H16N4OS/c1-13(2)9(14)12-4-3-10-5-8-6-11-7-15-8/h6-7,10H,3-5H2,1-2H3,(H,12,14). The molecule has 1 aromatic heterocycles. The maximum Gasteiger partial charge on any atom is 0.316 e. The molecule has 6 heteroatoms. The van der Waals surface area contributed by atoms with Crippen molar-refractivity contribution in [1.82, 2.24) is 20.5 Å². The van der Waals surface area contributed by atoms with Crippen molar-refractivity contribution >= 4 is 17.4 Å². The summed E-state index contributed by atoms with van der Waals surface area (Å²) in [5.41, 5.74) is 1.81. The van der Waals surface area contributed by atoms with Crippen molar-refractivity contribution in [3.8, 4) is 0 Å². The van der Waals surface area contributed by atoms with E-state index < -0.39 is 0 Å². The van der Waals surface area contributed by atoms with E-state index in [0.717, 1.165) is 13.1 Å². The third kappa shape index (κ3) is 4.75. The van der Waals surface area contributed by atoms with E-state index in [1.165, 1.54) is 9.78 Å². The summed E-state index contributed by atoms with van der Waals surface area (Å²) in [6, 6.07) is -0.0606. The van der Waals surface area contributed by atoms with Gasteiger partial charge in [0.15, 0.2) is 0 Å². The number of hydrogen-bond acceptors (Lipinski definition) is 4. The molecule has 0 aromatic carbocycles. The monoisotopic (exact) mass is 228 g/mol. The van der Waals surface area contributed by atoms with E-state index in [0.29, 0.717) is 6.54 Å². The second kappa shape index (κ2) is 6.36. The van der Waals surface area contributed by atoms with Crippen LogP contribution in [0.5, 0.6) is 0 Å². The molecule has 0 saturated heterocycles. The van der Waals surface area contributed by atoms with Gasteiger partial charge in [-0.2, -0.15) is 0 Å². The molecule has 15 heavy (non-hydrogen) atoms. The third-order valence-electron chi connectivity index (χ3n) is 1.77. The van der Waals surface area contributed by atoms with Crippen LogP contribution >= 0.6 is 11.3 Å². The van der Waals surface area contributed by atoms with Crippen LogP contribution in [0.15, 0.2) is 11.7 Å². The number of hydrogen-bond donors (Lipinski definition) is 2. The summed E-state index contributed by atoms with van der Waals surface area (Å²) in [6.07, 6.45) is 1.84. The SMILES string of the molecule is CN(C)C(=O)NCCNCc1cncs1. The van der Waals surface area contributed by atoms with Crippen molar-refractivity contribution in [2.24, 2.45) is 0 Å². The lowest BCUT2D eigenvalue weighted by Crippen LogP contribution is -2.38. The third-order valence-corrected chi connectivity index (χ3v) is 2.55. The highest BCUT2D eigenvalue weighted by molar-refractivity contribution is 7.09. The molecule has 0 aliphatic heterocycles. The first kappa shape index (κ1) is 11.9. The summed E-state index contributed by atoms with van der Waals surface area (Å²) in [5.74, 6) is 0. The van der Waals surface area contributed by atoms with Gasteiger partial charge in [0, 0.05) is 44.8 Å². The number of thiazole rings is 1. The number of nitrogens with one attached hydrogen (secondary N) is 2. The van der Waals surface area contributed by atoms with E-state index in [1.54, 1.807) is 25.4 Å². The van der Waals surface area contributed by atoms with E-state index in [2.05, 4.69) is 15.6 Å². The number of nitrogens with zero attached hydrogens (tertiary/aromatic N) is 2. The largest absolute Gasteiger partial charge is 0.337 e. The second-order valence-electron chi connectivity index (χ2n) is 3.27. The van der Waals surface area contributed by atoms with Crippen LogP contribution < -0.4 is 10.6 Å². The van der Waals surface area contributed by atoms with Gasteiger partial charge in [-0.15, -0.1) is 11.3 Å². The molecule has 0 spiro atoms. The minimum Gasteiger partial charge on any atom is -0.337 e. The lowest BCUT2D eigenvalue weighted by Gasteiger charge is -2.11. The molecule has 1 heterocycles. The van der Waals surface area contributed by atoms with Crippen molar-refractivity contribution in [3.63, 3.8) is 0 Å². The second-order valence-corrected chi connectivity index (χ2v) is 4.24. The Kier molecular flexibility index (Phi) is 5.06. The van der Waals surface area contributed by atoms with Gasteiger partial charge < -0.3 is 15.5 Å². The molecule has 0 bridgehead atoms. The van der Waals surface area contributed by atoms with Crippen LogP contribution in [0.1, 0.15) is 4.88 Å². The van der Waals surface area contributed by atoms with E-state index >= 15 is 0 Å². The van der Waals surface area contributed by atoms with Gasteiger partial charge in [-0.3, -0.25) is 4.98 Å². The molecular formula is C9H16N4OS. The molecule has 2 amide bonds. The molecule has 0 radical (unpaired) electrons. The quantitative estimate of drug-likeness (QED) is 0.722. The molecule has 5 nitrogen and oxygen atoms in total. The fraction of sp³-hybridized carbons (Fsp3) is 0.556. The smallest absolute Gasteiger partial charge is 0.316 e. The summed E-state index contributed by atoms with van der Waals surface area (Å²) < 4.78 is 0. The summed E-state index contributed by atoms with van der Waals surface area (Å²) in [5, 5.41) is 5.99. The average molecular weight is 228 g/mol. The zero-order valence-corrected chi connectivity index (χ0v) is 9.80. The Bertz CT molecular complexity index is 286. The predicted molar refractivity (Wildman–Crippen MR) is 60.9 cm³/mol. The summed E-state index contributed by atoms with van der Waals surface area (Å²) in [7, 11) is 3.44. The Labute approximate surface area is 93.5 Å². The minimum absolute atomic E-state index is 0.0606. The van der Waals surface area contributed by atoms with Crippen LogP contribution in [0.4, 0.5) is 4.79 Å². The van der Waals surface area contributed by atoms with Crippen LogP contribution in [0, 0.1) is 0 Å². The number of carbonyl (C=O) groups excluding carboxylic acids is 1. The number of rotatable bonds is 5. The van der Waals surface area contributed by atoms with E-state index in [-0.39, 0.29) is 6.03 Å². The molecule has 0 atom stereocenters. The van der Waals surface area contributed by atoms with Gasteiger partial charge in [-0.05, 0) is 0 Å². The molecule has 1 aromatic rings. The van der Waals surface area contributed by atoms with Crippen LogP contribution in [0.2, 0.25) is 0 Å². The summed E-state index contributed by atoms with van der Waals surface area (Å²) >= 11 is 1.62. The number of carbonyl (C=O) groups is 1. The average Bonchev–Trinajstić information content (AvgIpc) is 2.69. The van der Waals surface area contributed by atoms with Gasteiger partial charge in [0.05, 0.1) is 5.51 Å². The molecule has 2 N–H and O–H groups in total. The Hall–Kier alpha value is -1.14. The summed E-state index contributed by atoms with van der Waals surface area (Å²) in [4.78, 5) is 17.8. The minimum atomic E-state index is -0.0606. The van der Waals surface area contributed by atoms with Gasteiger partial charge in [-0.25, -0.2) is 4.79 Å². The highest BCUT2D eigenvalue weighted by Crippen LogP contribution is 2.03. The molecule has 0 aliphatic carbocycles. The van der Waals surface area contributed by atoms with Gasteiger partial charge in [0.1, 0.15) is 0 Å². The van der Waals surface area contributed by atoms with Crippen molar-refractivity contribution in [3.05, 3.63) is 16.6 Å². The van der Waals surface area contributed by atoms with Crippen molar-refractivity contribution in [2.45, 2.75) is 6.54 Å². The Morgan fingerprint density at radius 3 is 2.93 bits per heavy atom. The molecule has 1 rings (SSSR count). The highest BCUT2D eigenvalue weighted by atomic mass is 32.1. The van der Waals surface area contributed by atoms with Gasteiger partial charge in [0.25, 0.3) is 0 Å². The van der Waals surface area contributed by atoms with Crippen LogP contribution in [-0.2, 0) is 6.54 Å². The molecule has 84 valence electrons. The number of aromatic nitrogens is 1. The van der Waals surface area contributed by atoms with Crippen LogP contribution in [0.3, 0.4) is 0 Å². The first-order valence-electron chi connectivity index (χ1n) is 4.73. The Morgan fingerprint density at radius 2 is 2.33 bits per heavy atom. The zero-order chi connectivity index (χ0) is 11.1. The van der Waals surface area contributed by atoms with E-state index in [4.69, 9.17) is 0 Å². The number of amides is 2. The normalized spacial score (nSPS) is 10.0. The van der Waals surface area contributed by atoms with Gasteiger partial charge >= 0.3 is 6.03 Å². The van der Waals surface area contributed by atoms with Crippen LogP contribution in [0.25, 0.3) is 0 Å². The van der Waals surface area contributed by atoms with Crippen molar-refractivity contribution in [1.29, 1.82) is 0 Å².